The average molecular weight is 236 g/mol. The van der Waals surface area contributed by atoms with Gasteiger partial charge in [-0.05, 0) is 18.6 Å². The van der Waals surface area contributed by atoms with Gasteiger partial charge in [0.1, 0.15) is 6.04 Å². The van der Waals surface area contributed by atoms with E-state index in [0.717, 1.165) is 6.54 Å². The van der Waals surface area contributed by atoms with E-state index in [2.05, 4.69) is 41.2 Å². The Hall–Kier alpha value is -1.55. The van der Waals surface area contributed by atoms with Crippen LogP contribution in [0, 0.1) is 0 Å². The van der Waals surface area contributed by atoms with Crippen molar-refractivity contribution in [2.24, 2.45) is 5.73 Å². The van der Waals surface area contributed by atoms with Gasteiger partial charge >= 0.3 is 5.97 Å². The monoisotopic (exact) mass is 236 g/mol. The third kappa shape index (κ3) is 3.75. The van der Waals surface area contributed by atoms with E-state index in [-0.39, 0.29) is 5.97 Å². The molecule has 2 atom stereocenters. The minimum Gasteiger partial charge on any atom is -0.468 e. The van der Waals surface area contributed by atoms with E-state index >= 15 is 0 Å². The van der Waals surface area contributed by atoms with Gasteiger partial charge in [0.25, 0.3) is 0 Å². The van der Waals surface area contributed by atoms with Crippen molar-refractivity contribution < 1.29 is 9.53 Å². The van der Waals surface area contributed by atoms with Gasteiger partial charge in [0.05, 0.1) is 7.11 Å². The number of para-hydroxylation sites is 1. The number of nitrogens with two attached hydrogens (primary N) is 1. The molecule has 0 saturated carbocycles. The molecule has 0 amide bonds. The molecule has 1 aliphatic heterocycles. The number of hydrogen-bond acceptors (Lipinski definition) is 4. The van der Waals surface area contributed by atoms with Crippen LogP contribution in [-0.4, -0.2) is 25.7 Å². The summed E-state index contributed by atoms with van der Waals surface area (Å²) in [5, 5.41) is 3.35. The van der Waals surface area contributed by atoms with Gasteiger partial charge < -0.3 is 15.8 Å². The Kier molecular flexibility index (Phi) is 4.97. The topological polar surface area (TPSA) is 64.3 Å². The lowest BCUT2D eigenvalue weighted by atomic mass is 10.0. The smallest absolute Gasteiger partial charge is 0.322 e. The lowest BCUT2D eigenvalue weighted by Gasteiger charge is -1.98. The summed E-state index contributed by atoms with van der Waals surface area (Å²) in [6.07, 6.45) is 0. The summed E-state index contributed by atoms with van der Waals surface area (Å²) in [4.78, 5) is 10.2. The molecule has 1 aromatic rings. The maximum Gasteiger partial charge on any atom is 0.322 e. The second-order valence-electron chi connectivity index (χ2n) is 4.18. The summed E-state index contributed by atoms with van der Waals surface area (Å²) in [6.45, 7) is 4.92. The molecule has 0 bridgehead atoms. The van der Waals surface area contributed by atoms with Crippen LogP contribution in [0.15, 0.2) is 24.3 Å². The highest BCUT2D eigenvalue weighted by Crippen LogP contribution is 2.29. The van der Waals surface area contributed by atoms with E-state index in [1.807, 2.05) is 0 Å². The van der Waals surface area contributed by atoms with Gasteiger partial charge in [-0.25, -0.2) is 0 Å². The van der Waals surface area contributed by atoms with E-state index in [9.17, 15) is 4.79 Å². The number of esters is 1. The molecule has 0 fully saturated rings. The summed E-state index contributed by atoms with van der Waals surface area (Å²) in [6, 6.07) is 8.01. The van der Waals surface area contributed by atoms with Crippen molar-refractivity contribution in [1.29, 1.82) is 0 Å². The Morgan fingerprint density at radius 1 is 1.53 bits per heavy atom. The fraction of sp³-hybridized carbons (Fsp3) is 0.462. The average Bonchev–Trinajstić information content (AvgIpc) is 2.71. The molecule has 1 aliphatic rings. The zero-order chi connectivity index (χ0) is 12.8. The Morgan fingerprint density at radius 3 is 2.65 bits per heavy atom. The molecule has 4 nitrogen and oxygen atoms in total. The van der Waals surface area contributed by atoms with Crippen molar-refractivity contribution in [2.75, 3.05) is 19.0 Å². The van der Waals surface area contributed by atoms with Crippen LogP contribution >= 0.6 is 0 Å². The summed E-state index contributed by atoms with van der Waals surface area (Å²) >= 11 is 0. The molecular formula is C13H20N2O2. The second kappa shape index (κ2) is 6.25. The summed E-state index contributed by atoms with van der Waals surface area (Å²) in [7, 11) is 1.31. The number of carbonyl (C=O) groups is 1. The van der Waals surface area contributed by atoms with E-state index in [0.29, 0.717) is 5.92 Å². The van der Waals surface area contributed by atoms with Crippen LogP contribution < -0.4 is 11.1 Å². The maximum atomic E-state index is 10.2. The molecule has 1 aromatic carbocycles. The molecule has 4 heteroatoms. The first-order valence-corrected chi connectivity index (χ1v) is 5.72. The molecule has 94 valence electrons. The predicted molar refractivity (Wildman–Crippen MR) is 69.0 cm³/mol. The van der Waals surface area contributed by atoms with Gasteiger partial charge in [-0.2, -0.15) is 0 Å². The highest BCUT2D eigenvalue weighted by molar-refractivity contribution is 5.74. The van der Waals surface area contributed by atoms with Crippen molar-refractivity contribution in [3.05, 3.63) is 29.8 Å². The van der Waals surface area contributed by atoms with Gasteiger partial charge in [0.2, 0.25) is 0 Å². The van der Waals surface area contributed by atoms with E-state index in [1.54, 1.807) is 6.92 Å². The molecule has 0 spiro atoms. The number of nitrogens with one attached hydrogen (secondary N) is 1. The Morgan fingerprint density at radius 2 is 2.18 bits per heavy atom. The highest BCUT2D eigenvalue weighted by Gasteiger charge is 2.15. The zero-order valence-electron chi connectivity index (χ0n) is 10.6. The van der Waals surface area contributed by atoms with Crippen LogP contribution in [0.1, 0.15) is 25.3 Å². The number of ether oxygens (including phenoxy) is 1. The number of benzene rings is 1. The Labute approximate surface area is 102 Å². The molecule has 0 aromatic heterocycles. The van der Waals surface area contributed by atoms with Crippen molar-refractivity contribution >= 4 is 11.7 Å². The summed E-state index contributed by atoms with van der Waals surface area (Å²) in [5.74, 6) is 0.316. The van der Waals surface area contributed by atoms with E-state index in [4.69, 9.17) is 5.73 Å². The number of methoxy groups -OCH3 is 1. The van der Waals surface area contributed by atoms with Gasteiger partial charge in [-0.3, -0.25) is 4.79 Å². The second-order valence-corrected chi connectivity index (χ2v) is 4.18. The van der Waals surface area contributed by atoms with Crippen LogP contribution in [-0.2, 0) is 9.53 Å². The number of carbonyl (C=O) groups excluding carboxylic acids is 1. The highest BCUT2D eigenvalue weighted by atomic mass is 16.5. The van der Waals surface area contributed by atoms with Crippen LogP contribution in [0.3, 0.4) is 0 Å². The fourth-order valence-electron chi connectivity index (χ4n) is 1.65. The summed E-state index contributed by atoms with van der Waals surface area (Å²) < 4.78 is 4.25. The van der Waals surface area contributed by atoms with Gasteiger partial charge in [-0.15, -0.1) is 0 Å². The molecular weight excluding hydrogens is 216 g/mol. The van der Waals surface area contributed by atoms with Crippen LogP contribution in [0.25, 0.3) is 0 Å². The SMILES string of the molecule is CC1CNc2ccccc21.COC(=O)C(C)N. The number of hydrogen-bond donors (Lipinski definition) is 2. The van der Waals surface area contributed by atoms with Crippen LogP contribution in [0.4, 0.5) is 5.69 Å². The lowest BCUT2D eigenvalue weighted by Crippen LogP contribution is -2.27. The Bertz CT molecular complexity index is 377. The minimum absolute atomic E-state index is 0.375. The van der Waals surface area contributed by atoms with Crippen molar-refractivity contribution in [3.63, 3.8) is 0 Å². The fourth-order valence-corrected chi connectivity index (χ4v) is 1.65. The molecule has 3 N–H and O–H groups in total. The van der Waals surface area contributed by atoms with Crippen LogP contribution in [0.5, 0.6) is 0 Å². The zero-order valence-corrected chi connectivity index (χ0v) is 10.6. The van der Waals surface area contributed by atoms with Crippen molar-refractivity contribution in [3.8, 4) is 0 Å². The van der Waals surface area contributed by atoms with Gasteiger partial charge in [0.15, 0.2) is 0 Å². The normalized spacial score (nSPS) is 18.2. The molecule has 0 saturated heterocycles. The first-order valence-electron chi connectivity index (χ1n) is 5.72. The standard InChI is InChI=1S/C9H11N.C4H9NO2/c1-7-6-10-9-5-3-2-4-8(7)9;1-3(5)4(6)7-2/h2-5,7,10H,6H2,1H3;3H,5H2,1-2H3. The summed E-state index contributed by atoms with van der Waals surface area (Å²) in [5.41, 5.74) is 7.85. The number of anilines is 1. The predicted octanol–water partition coefficient (Wildman–Crippen LogP) is 1.72. The third-order valence-corrected chi connectivity index (χ3v) is 2.66. The minimum atomic E-state index is -0.495. The lowest BCUT2D eigenvalue weighted by molar-refractivity contribution is -0.141. The molecule has 0 radical (unpaired) electrons. The molecule has 0 aliphatic carbocycles. The van der Waals surface area contributed by atoms with Crippen molar-refractivity contribution in [1.82, 2.24) is 0 Å². The first-order chi connectivity index (χ1) is 8.06. The Balaban J connectivity index is 0.000000185. The van der Waals surface area contributed by atoms with Gasteiger partial charge in [0, 0.05) is 18.2 Å². The molecule has 17 heavy (non-hydrogen) atoms. The van der Waals surface area contributed by atoms with Crippen LogP contribution in [0.2, 0.25) is 0 Å². The van der Waals surface area contributed by atoms with Crippen molar-refractivity contribution in [2.45, 2.75) is 25.8 Å². The van der Waals surface area contributed by atoms with E-state index < -0.39 is 6.04 Å². The van der Waals surface area contributed by atoms with E-state index in [1.165, 1.54) is 18.4 Å². The number of fused-ring (bicyclic) bond motifs is 1. The number of rotatable bonds is 1. The molecule has 1 heterocycles. The quantitative estimate of drug-likeness (QED) is 0.729. The first kappa shape index (κ1) is 13.5. The third-order valence-electron chi connectivity index (χ3n) is 2.66. The largest absolute Gasteiger partial charge is 0.468 e. The maximum absolute atomic E-state index is 10.2. The molecule has 2 rings (SSSR count). The van der Waals surface area contributed by atoms with Gasteiger partial charge in [-0.1, -0.05) is 25.1 Å². The molecule has 2 unspecified atom stereocenters.